The lowest BCUT2D eigenvalue weighted by Crippen LogP contribution is -2.39. The number of ether oxygens (including phenoxy) is 1. The molecule has 2 atom stereocenters. The molecule has 6 nitrogen and oxygen atoms in total. The van der Waals surface area contributed by atoms with Crippen LogP contribution in [-0.2, 0) is 11.3 Å². The molecule has 22 heavy (non-hydrogen) atoms. The molecule has 1 aliphatic carbocycles. The van der Waals surface area contributed by atoms with E-state index >= 15 is 0 Å². The van der Waals surface area contributed by atoms with Crippen molar-refractivity contribution in [1.29, 1.82) is 0 Å². The van der Waals surface area contributed by atoms with E-state index < -0.39 is 0 Å². The fourth-order valence-electron chi connectivity index (χ4n) is 2.89. The summed E-state index contributed by atoms with van der Waals surface area (Å²) in [6.45, 7) is 0.300. The first-order valence-electron chi connectivity index (χ1n) is 7.62. The topological polar surface area (TPSA) is 69.0 Å². The number of nitrogens with zero attached hydrogens (tertiary/aromatic N) is 3. The summed E-state index contributed by atoms with van der Waals surface area (Å²) in [7, 11) is 0. The minimum atomic E-state index is -0.349. The zero-order valence-corrected chi connectivity index (χ0v) is 12.4. The second kappa shape index (κ2) is 7.06. The van der Waals surface area contributed by atoms with Crippen LogP contribution in [0, 0.1) is 0 Å². The van der Waals surface area contributed by atoms with Crippen LogP contribution in [0.2, 0.25) is 0 Å². The molecule has 1 heterocycles. The number of benzene rings is 1. The fraction of sp³-hybridized carbons (Fsp3) is 0.438. The number of aromatic nitrogens is 3. The van der Waals surface area contributed by atoms with Crippen molar-refractivity contribution in [3.05, 3.63) is 48.5 Å². The Morgan fingerprint density at radius 3 is 2.77 bits per heavy atom. The van der Waals surface area contributed by atoms with Crippen LogP contribution in [0.25, 0.3) is 0 Å². The molecular formula is C16H20N4O2. The zero-order chi connectivity index (χ0) is 15.2. The lowest BCUT2D eigenvalue weighted by atomic mass is 9.91. The maximum Gasteiger partial charge on any atom is 0.407 e. The van der Waals surface area contributed by atoms with Gasteiger partial charge in [-0.25, -0.2) is 4.79 Å². The van der Waals surface area contributed by atoms with Crippen LogP contribution < -0.4 is 5.32 Å². The highest BCUT2D eigenvalue weighted by molar-refractivity contribution is 5.67. The highest BCUT2D eigenvalue weighted by atomic mass is 16.5. The molecule has 1 saturated carbocycles. The van der Waals surface area contributed by atoms with Crippen LogP contribution in [0.15, 0.2) is 43.0 Å². The summed E-state index contributed by atoms with van der Waals surface area (Å²) in [5.41, 5.74) is 0.990. The third kappa shape index (κ3) is 3.84. The van der Waals surface area contributed by atoms with Gasteiger partial charge in [0.15, 0.2) is 0 Å². The van der Waals surface area contributed by atoms with Crippen molar-refractivity contribution in [2.75, 3.05) is 0 Å². The van der Waals surface area contributed by atoms with E-state index in [1.54, 1.807) is 12.7 Å². The van der Waals surface area contributed by atoms with E-state index in [0.717, 1.165) is 31.2 Å². The van der Waals surface area contributed by atoms with Crippen molar-refractivity contribution in [3.8, 4) is 0 Å². The molecule has 1 fully saturated rings. The molecule has 0 saturated heterocycles. The van der Waals surface area contributed by atoms with E-state index in [-0.39, 0.29) is 12.1 Å². The highest BCUT2D eigenvalue weighted by Crippen LogP contribution is 2.28. The average molecular weight is 300 g/mol. The standard InChI is InChI=1S/C16H20N4O2/c21-16(22-10-13-5-2-1-3-6-13)19-14-7-4-8-15(9-14)20-11-17-18-12-20/h1-3,5-6,11-12,14-15H,4,7-10H2,(H,19,21)/t14-,15+/m0/s1. The van der Waals surface area contributed by atoms with Crippen LogP contribution >= 0.6 is 0 Å². The van der Waals surface area contributed by atoms with E-state index in [0.29, 0.717) is 12.6 Å². The Labute approximate surface area is 129 Å². The minimum absolute atomic E-state index is 0.143. The van der Waals surface area contributed by atoms with Gasteiger partial charge in [0.1, 0.15) is 19.3 Å². The zero-order valence-electron chi connectivity index (χ0n) is 12.4. The molecule has 1 aromatic carbocycles. The molecule has 6 heteroatoms. The maximum absolute atomic E-state index is 11.9. The number of carbonyl (C=O) groups excluding carboxylic acids is 1. The number of hydrogen-bond donors (Lipinski definition) is 1. The van der Waals surface area contributed by atoms with E-state index in [4.69, 9.17) is 4.74 Å². The number of rotatable bonds is 4. The molecule has 3 rings (SSSR count). The first-order chi connectivity index (χ1) is 10.8. The molecule has 2 aromatic rings. The van der Waals surface area contributed by atoms with Crippen LogP contribution in [0.1, 0.15) is 37.3 Å². The predicted octanol–water partition coefficient (Wildman–Crippen LogP) is 2.69. The van der Waals surface area contributed by atoms with Gasteiger partial charge in [0.05, 0.1) is 0 Å². The summed E-state index contributed by atoms with van der Waals surface area (Å²) in [6.07, 6.45) is 7.17. The van der Waals surface area contributed by atoms with E-state index in [9.17, 15) is 4.79 Å². The van der Waals surface area contributed by atoms with Gasteiger partial charge in [-0.1, -0.05) is 30.3 Å². The average Bonchev–Trinajstić information content (AvgIpc) is 3.09. The van der Waals surface area contributed by atoms with Gasteiger partial charge < -0.3 is 14.6 Å². The predicted molar refractivity (Wildman–Crippen MR) is 81.1 cm³/mol. The summed E-state index contributed by atoms with van der Waals surface area (Å²) < 4.78 is 7.29. The quantitative estimate of drug-likeness (QED) is 0.942. The van der Waals surface area contributed by atoms with Gasteiger partial charge in [0, 0.05) is 12.1 Å². The molecular weight excluding hydrogens is 280 g/mol. The summed E-state index contributed by atoms with van der Waals surface area (Å²) >= 11 is 0. The van der Waals surface area contributed by atoms with Gasteiger partial charge in [0.25, 0.3) is 0 Å². The molecule has 0 radical (unpaired) electrons. The minimum Gasteiger partial charge on any atom is -0.445 e. The number of amides is 1. The summed E-state index contributed by atoms with van der Waals surface area (Å²) in [4.78, 5) is 11.9. The van der Waals surface area contributed by atoms with Crippen molar-refractivity contribution in [2.24, 2.45) is 0 Å². The van der Waals surface area contributed by atoms with Gasteiger partial charge in [-0.15, -0.1) is 10.2 Å². The van der Waals surface area contributed by atoms with Gasteiger partial charge in [-0.3, -0.25) is 0 Å². The molecule has 0 aliphatic heterocycles. The molecule has 1 aliphatic rings. The lowest BCUT2D eigenvalue weighted by molar-refractivity contribution is 0.130. The first kappa shape index (κ1) is 14.6. The Kier molecular flexibility index (Phi) is 4.68. The van der Waals surface area contributed by atoms with Gasteiger partial charge in [-0.05, 0) is 31.2 Å². The molecule has 0 spiro atoms. The molecule has 116 valence electrons. The van der Waals surface area contributed by atoms with Gasteiger partial charge in [-0.2, -0.15) is 0 Å². The molecule has 1 N–H and O–H groups in total. The number of carbonyl (C=O) groups is 1. The van der Waals surface area contributed by atoms with Gasteiger partial charge >= 0.3 is 6.09 Å². The Bertz CT molecular complexity index is 585. The third-order valence-electron chi connectivity index (χ3n) is 4.04. The Morgan fingerprint density at radius 1 is 1.23 bits per heavy atom. The smallest absolute Gasteiger partial charge is 0.407 e. The van der Waals surface area contributed by atoms with Crippen molar-refractivity contribution >= 4 is 6.09 Å². The van der Waals surface area contributed by atoms with Gasteiger partial charge in [0.2, 0.25) is 0 Å². The van der Waals surface area contributed by atoms with Crippen LogP contribution in [0.5, 0.6) is 0 Å². The molecule has 0 bridgehead atoms. The lowest BCUT2D eigenvalue weighted by Gasteiger charge is -2.29. The first-order valence-corrected chi connectivity index (χ1v) is 7.62. The van der Waals surface area contributed by atoms with E-state index in [1.165, 1.54) is 0 Å². The van der Waals surface area contributed by atoms with E-state index in [2.05, 4.69) is 15.5 Å². The summed E-state index contributed by atoms with van der Waals surface area (Å²) in [6, 6.07) is 10.2. The van der Waals surface area contributed by atoms with Crippen molar-refractivity contribution in [3.63, 3.8) is 0 Å². The normalized spacial score (nSPS) is 21.3. The van der Waals surface area contributed by atoms with Crippen molar-refractivity contribution in [1.82, 2.24) is 20.1 Å². The summed E-state index contributed by atoms with van der Waals surface area (Å²) in [5.74, 6) is 0. The molecule has 1 aromatic heterocycles. The second-order valence-electron chi connectivity index (χ2n) is 5.63. The number of hydrogen-bond acceptors (Lipinski definition) is 4. The van der Waals surface area contributed by atoms with Crippen LogP contribution in [0.4, 0.5) is 4.79 Å². The number of alkyl carbamates (subject to hydrolysis) is 1. The third-order valence-corrected chi connectivity index (χ3v) is 4.04. The molecule has 0 unspecified atom stereocenters. The Hall–Kier alpha value is -2.37. The van der Waals surface area contributed by atoms with Crippen LogP contribution in [-0.4, -0.2) is 26.9 Å². The van der Waals surface area contributed by atoms with Crippen LogP contribution in [0.3, 0.4) is 0 Å². The Morgan fingerprint density at radius 2 is 2.00 bits per heavy atom. The van der Waals surface area contributed by atoms with Crippen molar-refractivity contribution in [2.45, 2.75) is 44.4 Å². The van der Waals surface area contributed by atoms with E-state index in [1.807, 2.05) is 34.9 Å². The monoisotopic (exact) mass is 300 g/mol. The molecule has 1 amide bonds. The summed E-state index contributed by atoms with van der Waals surface area (Å²) in [5, 5.41) is 10.7. The maximum atomic E-state index is 11.9. The largest absolute Gasteiger partial charge is 0.445 e. The SMILES string of the molecule is O=C(N[C@H]1CCC[C@@H](n2cnnc2)C1)OCc1ccccc1. The van der Waals surface area contributed by atoms with Crippen molar-refractivity contribution < 1.29 is 9.53 Å². The Balaban J connectivity index is 1.47. The highest BCUT2D eigenvalue weighted by Gasteiger charge is 2.24. The second-order valence-corrected chi connectivity index (χ2v) is 5.63. The fourth-order valence-corrected chi connectivity index (χ4v) is 2.89. The number of nitrogens with one attached hydrogen (secondary N) is 1.